The summed E-state index contributed by atoms with van der Waals surface area (Å²) >= 11 is 0. The lowest BCUT2D eigenvalue weighted by atomic mass is 10.0. The van der Waals surface area contributed by atoms with E-state index < -0.39 is 30.4 Å². The maximum Gasteiger partial charge on any atom is 0.510 e. The van der Waals surface area contributed by atoms with Crippen molar-refractivity contribution >= 4 is 23.8 Å². The van der Waals surface area contributed by atoms with Gasteiger partial charge in [0.1, 0.15) is 6.04 Å². The summed E-state index contributed by atoms with van der Waals surface area (Å²) in [7, 11) is 0. The molecule has 1 fully saturated rings. The normalized spacial score (nSPS) is 16.7. The molecule has 3 aromatic carbocycles. The van der Waals surface area contributed by atoms with Gasteiger partial charge in [-0.3, -0.25) is 9.69 Å². The Labute approximate surface area is 185 Å². The molecule has 1 heterocycles. The minimum atomic E-state index is -1.27. The van der Waals surface area contributed by atoms with Gasteiger partial charge in [0.2, 0.25) is 6.23 Å². The lowest BCUT2D eigenvalue weighted by molar-refractivity contribution is -0.136. The third kappa shape index (κ3) is 4.05. The molecule has 0 saturated carbocycles. The monoisotopic (exact) mass is 430 g/mol. The Morgan fingerprint density at radius 1 is 0.875 bits per heavy atom. The van der Waals surface area contributed by atoms with Crippen LogP contribution in [-0.4, -0.2) is 29.6 Å². The summed E-state index contributed by atoms with van der Waals surface area (Å²) < 4.78 is 10.4. The van der Waals surface area contributed by atoms with Gasteiger partial charge in [0.05, 0.1) is 6.61 Å². The number of urea groups is 1. The van der Waals surface area contributed by atoms with Gasteiger partial charge in [-0.15, -0.1) is 0 Å². The fourth-order valence-corrected chi connectivity index (χ4v) is 3.68. The van der Waals surface area contributed by atoms with Gasteiger partial charge in [0.25, 0.3) is 5.91 Å². The third-order valence-corrected chi connectivity index (χ3v) is 5.08. The molecule has 2 atom stereocenters. The number of hydrogen-bond acceptors (Lipinski definition) is 5. The Balaban J connectivity index is 1.80. The number of hydrogen-bond donors (Lipinski definition) is 0. The standard InChI is InChI=1S/C25H22N2O5/c1-2-31-25(30)32-23(19-14-8-4-9-15-19)27-22(28)21(18-12-6-3-7-13-18)26(24(27)29)20-16-10-5-11-17-20/h3-17,21,23H,2H2,1H3. The summed E-state index contributed by atoms with van der Waals surface area (Å²) in [6.45, 7) is 1.75. The van der Waals surface area contributed by atoms with E-state index in [1.165, 1.54) is 4.90 Å². The second-order valence-corrected chi connectivity index (χ2v) is 7.07. The number of ether oxygens (including phenoxy) is 2. The molecule has 2 unspecified atom stereocenters. The largest absolute Gasteiger partial charge is 0.510 e. The van der Waals surface area contributed by atoms with Crippen LogP contribution in [0.15, 0.2) is 91.0 Å². The van der Waals surface area contributed by atoms with Crippen molar-refractivity contribution in [2.75, 3.05) is 11.5 Å². The molecule has 162 valence electrons. The first-order valence-corrected chi connectivity index (χ1v) is 10.3. The van der Waals surface area contributed by atoms with Crippen LogP contribution in [0.2, 0.25) is 0 Å². The van der Waals surface area contributed by atoms with E-state index in [4.69, 9.17) is 9.47 Å². The van der Waals surface area contributed by atoms with Gasteiger partial charge < -0.3 is 9.47 Å². The highest BCUT2D eigenvalue weighted by Gasteiger charge is 2.51. The van der Waals surface area contributed by atoms with E-state index in [2.05, 4.69) is 0 Å². The van der Waals surface area contributed by atoms with Crippen LogP contribution in [0.3, 0.4) is 0 Å². The highest BCUT2D eigenvalue weighted by Crippen LogP contribution is 2.40. The quantitative estimate of drug-likeness (QED) is 0.403. The van der Waals surface area contributed by atoms with Crippen molar-refractivity contribution in [1.29, 1.82) is 0 Å². The number of carbonyl (C=O) groups is 3. The lowest BCUT2D eigenvalue weighted by Gasteiger charge is -2.26. The Morgan fingerprint density at radius 2 is 1.44 bits per heavy atom. The van der Waals surface area contributed by atoms with Crippen LogP contribution in [0.1, 0.15) is 30.3 Å². The van der Waals surface area contributed by atoms with Crippen LogP contribution >= 0.6 is 0 Å². The van der Waals surface area contributed by atoms with E-state index in [1.54, 1.807) is 73.7 Å². The zero-order chi connectivity index (χ0) is 22.5. The Kier molecular flexibility index (Phi) is 6.17. The first-order chi connectivity index (χ1) is 15.6. The van der Waals surface area contributed by atoms with Crippen molar-refractivity contribution in [3.8, 4) is 0 Å². The molecule has 3 aromatic rings. The second-order valence-electron chi connectivity index (χ2n) is 7.07. The van der Waals surface area contributed by atoms with Crippen LogP contribution in [-0.2, 0) is 14.3 Å². The number of nitrogens with zero attached hydrogens (tertiary/aromatic N) is 2. The molecule has 4 rings (SSSR count). The minimum Gasteiger partial charge on any atom is -0.435 e. The Morgan fingerprint density at radius 3 is 2.03 bits per heavy atom. The van der Waals surface area contributed by atoms with Crippen LogP contribution in [0.4, 0.5) is 15.3 Å². The maximum atomic E-state index is 13.7. The fourth-order valence-electron chi connectivity index (χ4n) is 3.68. The average Bonchev–Trinajstić information content (AvgIpc) is 3.09. The second kappa shape index (κ2) is 9.34. The van der Waals surface area contributed by atoms with Gasteiger partial charge in [0, 0.05) is 11.3 Å². The van der Waals surface area contributed by atoms with Gasteiger partial charge in [-0.1, -0.05) is 78.9 Å². The summed E-state index contributed by atoms with van der Waals surface area (Å²) in [6.07, 6.45) is -2.23. The summed E-state index contributed by atoms with van der Waals surface area (Å²) in [5.74, 6) is -0.497. The highest BCUT2D eigenvalue weighted by atomic mass is 16.7. The highest BCUT2D eigenvalue weighted by molar-refractivity contribution is 6.14. The first-order valence-electron chi connectivity index (χ1n) is 10.3. The summed E-state index contributed by atoms with van der Waals surface area (Å²) in [5.41, 5.74) is 1.69. The van der Waals surface area contributed by atoms with Crippen molar-refractivity contribution in [3.05, 3.63) is 102 Å². The predicted octanol–water partition coefficient (Wildman–Crippen LogP) is 5.07. The molecule has 7 heteroatoms. The fraction of sp³-hybridized carbons (Fsp3) is 0.160. The van der Waals surface area contributed by atoms with Crippen molar-refractivity contribution in [1.82, 2.24) is 4.90 Å². The lowest BCUT2D eigenvalue weighted by Crippen LogP contribution is -2.38. The van der Waals surface area contributed by atoms with Crippen molar-refractivity contribution in [2.45, 2.75) is 19.2 Å². The number of rotatable bonds is 6. The molecule has 32 heavy (non-hydrogen) atoms. The number of carbonyl (C=O) groups excluding carboxylic acids is 3. The smallest absolute Gasteiger partial charge is 0.435 e. The van der Waals surface area contributed by atoms with Crippen LogP contribution < -0.4 is 4.90 Å². The van der Waals surface area contributed by atoms with E-state index >= 15 is 0 Å². The molecule has 0 radical (unpaired) electrons. The summed E-state index contributed by atoms with van der Waals surface area (Å²) in [5, 5.41) is 0. The van der Waals surface area contributed by atoms with Crippen LogP contribution in [0.25, 0.3) is 0 Å². The number of para-hydroxylation sites is 1. The molecule has 3 amide bonds. The van der Waals surface area contributed by atoms with Gasteiger partial charge in [-0.05, 0) is 24.6 Å². The van der Waals surface area contributed by atoms with Crippen LogP contribution in [0.5, 0.6) is 0 Å². The van der Waals surface area contributed by atoms with Gasteiger partial charge in [0.15, 0.2) is 0 Å². The first kappa shape index (κ1) is 21.1. The zero-order valence-electron chi connectivity index (χ0n) is 17.5. The van der Waals surface area contributed by atoms with Gasteiger partial charge in [-0.2, -0.15) is 0 Å². The molecule has 0 spiro atoms. The maximum absolute atomic E-state index is 13.7. The minimum absolute atomic E-state index is 0.102. The molecule has 0 aliphatic carbocycles. The Bertz CT molecular complexity index is 1030. The van der Waals surface area contributed by atoms with Crippen LogP contribution in [0, 0.1) is 0 Å². The number of benzene rings is 3. The van der Waals surface area contributed by atoms with E-state index in [9.17, 15) is 14.4 Å². The molecule has 0 N–H and O–H groups in total. The molecule has 7 nitrogen and oxygen atoms in total. The topological polar surface area (TPSA) is 76.2 Å². The molecule has 1 aliphatic rings. The Hall–Kier alpha value is -4.13. The average molecular weight is 430 g/mol. The van der Waals surface area contributed by atoms with E-state index in [1.807, 2.05) is 24.3 Å². The van der Waals surface area contributed by atoms with E-state index in [0.717, 1.165) is 4.90 Å². The number of amides is 3. The molecule has 1 saturated heterocycles. The SMILES string of the molecule is CCOC(=O)OC(c1ccccc1)N1C(=O)C(c2ccccc2)N(c2ccccc2)C1=O. The molecule has 0 aromatic heterocycles. The predicted molar refractivity (Wildman–Crippen MR) is 118 cm³/mol. The van der Waals surface area contributed by atoms with E-state index in [0.29, 0.717) is 16.8 Å². The summed E-state index contributed by atoms with van der Waals surface area (Å²) in [4.78, 5) is 41.9. The van der Waals surface area contributed by atoms with Crippen molar-refractivity contribution in [3.63, 3.8) is 0 Å². The van der Waals surface area contributed by atoms with E-state index in [-0.39, 0.29) is 6.61 Å². The van der Waals surface area contributed by atoms with Crippen molar-refractivity contribution < 1.29 is 23.9 Å². The number of imide groups is 1. The molecular formula is C25H22N2O5. The molecule has 1 aliphatic heterocycles. The van der Waals surface area contributed by atoms with Crippen molar-refractivity contribution in [2.24, 2.45) is 0 Å². The summed E-state index contributed by atoms with van der Waals surface area (Å²) in [6, 6.07) is 25.1. The molecular weight excluding hydrogens is 408 g/mol. The number of anilines is 1. The van der Waals surface area contributed by atoms with Gasteiger partial charge in [-0.25, -0.2) is 14.5 Å². The zero-order valence-corrected chi connectivity index (χ0v) is 17.5. The van der Waals surface area contributed by atoms with Gasteiger partial charge >= 0.3 is 12.2 Å². The molecule has 0 bridgehead atoms. The third-order valence-electron chi connectivity index (χ3n) is 5.08.